The van der Waals surface area contributed by atoms with Gasteiger partial charge in [0.1, 0.15) is 5.69 Å². The molecule has 0 amide bonds. The molecular formula is C10H7Cl2F3N4O. The van der Waals surface area contributed by atoms with Crippen LogP contribution in [0.1, 0.15) is 5.89 Å². The molecule has 20 heavy (non-hydrogen) atoms. The van der Waals surface area contributed by atoms with E-state index in [1.54, 1.807) is 0 Å². The molecule has 0 unspecified atom stereocenters. The predicted octanol–water partition coefficient (Wildman–Crippen LogP) is 3.09. The minimum Gasteiger partial charge on any atom is -0.337 e. The van der Waals surface area contributed by atoms with Gasteiger partial charge >= 0.3 is 6.18 Å². The molecule has 0 aliphatic rings. The normalized spacial score (nSPS) is 11.8. The molecule has 0 atom stereocenters. The van der Waals surface area contributed by atoms with Crippen molar-refractivity contribution >= 4 is 23.2 Å². The molecule has 0 fully saturated rings. The Kier molecular flexibility index (Phi) is 4.46. The molecule has 0 aromatic carbocycles. The van der Waals surface area contributed by atoms with Crippen LogP contribution in [0, 0.1) is 0 Å². The summed E-state index contributed by atoms with van der Waals surface area (Å²) in [6.07, 6.45) is -2.95. The first kappa shape index (κ1) is 15.0. The fourth-order valence-corrected chi connectivity index (χ4v) is 1.78. The van der Waals surface area contributed by atoms with E-state index in [9.17, 15) is 13.2 Å². The van der Waals surface area contributed by atoms with Gasteiger partial charge in [-0.2, -0.15) is 18.2 Å². The molecular weight excluding hydrogens is 320 g/mol. The van der Waals surface area contributed by atoms with Gasteiger partial charge in [-0.3, -0.25) is 0 Å². The van der Waals surface area contributed by atoms with Gasteiger partial charge in [0, 0.05) is 6.20 Å². The second-order valence-electron chi connectivity index (χ2n) is 3.71. The molecule has 0 bridgehead atoms. The van der Waals surface area contributed by atoms with Gasteiger partial charge in [-0.25, -0.2) is 4.98 Å². The maximum atomic E-state index is 12.0. The maximum absolute atomic E-state index is 12.0. The average molecular weight is 327 g/mol. The van der Waals surface area contributed by atoms with Crippen molar-refractivity contribution in [3.63, 3.8) is 0 Å². The highest BCUT2D eigenvalue weighted by atomic mass is 35.5. The van der Waals surface area contributed by atoms with E-state index in [-0.39, 0.29) is 29.0 Å². The Bertz CT molecular complexity index is 602. The fraction of sp³-hybridized carbons (Fsp3) is 0.300. The Balaban J connectivity index is 2.05. The van der Waals surface area contributed by atoms with Crippen LogP contribution < -0.4 is 5.32 Å². The third kappa shape index (κ3) is 4.06. The lowest BCUT2D eigenvalue weighted by molar-refractivity contribution is -0.125. The highest BCUT2D eigenvalue weighted by Crippen LogP contribution is 2.25. The standard InChI is InChI=1S/C10H7Cl2F3N4O/c11-5-1-6(12)8(17-2-5)9-18-7(20-19-9)3-16-4-10(13,14)15/h1-2,16H,3-4H2. The summed E-state index contributed by atoms with van der Waals surface area (Å²) < 4.78 is 40.6. The summed E-state index contributed by atoms with van der Waals surface area (Å²) in [7, 11) is 0. The average Bonchev–Trinajstić information content (AvgIpc) is 2.75. The zero-order chi connectivity index (χ0) is 14.8. The van der Waals surface area contributed by atoms with Crippen LogP contribution in [0.25, 0.3) is 11.5 Å². The zero-order valence-corrected chi connectivity index (χ0v) is 11.2. The van der Waals surface area contributed by atoms with Crippen LogP contribution in [-0.2, 0) is 6.54 Å². The lowest BCUT2D eigenvalue weighted by Crippen LogP contribution is -2.28. The third-order valence-corrected chi connectivity index (χ3v) is 2.58. The Hall–Kier alpha value is -1.38. The van der Waals surface area contributed by atoms with Gasteiger partial charge in [0.25, 0.3) is 0 Å². The van der Waals surface area contributed by atoms with Gasteiger partial charge < -0.3 is 9.84 Å². The van der Waals surface area contributed by atoms with Crippen molar-refractivity contribution in [1.29, 1.82) is 0 Å². The third-order valence-electron chi connectivity index (χ3n) is 2.09. The number of nitrogens with zero attached hydrogens (tertiary/aromatic N) is 3. The summed E-state index contributed by atoms with van der Waals surface area (Å²) in [5, 5.41) is 6.29. The number of aromatic nitrogens is 3. The first-order valence-electron chi connectivity index (χ1n) is 5.26. The van der Waals surface area contributed by atoms with Gasteiger partial charge in [0.15, 0.2) is 0 Å². The van der Waals surface area contributed by atoms with E-state index in [1.165, 1.54) is 12.3 Å². The van der Waals surface area contributed by atoms with E-state index < -0.39 is 12.7 Å². The first-order valence-corrected chi connectivity index (χ1v) is 6.02. The molecule has 0 saturated carbocycles. The molecule has 2 heterocycles. The van der Waals surface area contributed by atoms with Gasteiger partial charge in [0.2, 0.25) is 11.7 Å². The topological polar surface area (TPSA) is 63.8 Å². The highest BCUT2D eigenvalue weighted by Gasteiger charge is 2.26. The summed E-state index contributed by atoms with van der Waals surface area (Å²) in [6, 6.07) is 1.45. The molecule has 2 aromatic rings. The van der Waals surface area contributed by atoms with Gasteiger partial charge in [-0.1, -0.05) is 28.4 Å². The minimum absolute atomic E-state index is 0.00272. The van der Waals surface area contributed by atoms with E-state index in [1.807, 2.05) is 0 Å². The van der Waals surface area contributed by atoms with Crippen molar-refractivity contribution < 1.29 is 17.7 Å². The van der Waals surface area contributed by atoms with Crippen LogP contribution in [0.3, 0.4) is 0 Å². The van der Waals surface area contributed by atoms with E-state index in [2.05, 4.69) is 20.4 Å². The Labute approximate surface area is 121 Å². The summed E-state index contributed by atoms with van der Waals surface area (Å²) in [4.78, 5) is 7.82. The molecule has 10 heteroatoms. The Morgan fingerprint density at radius 1 is 1.30 bits per heavy atom. The van der Waals surface area contributed by atoms with Crippen LogP contribution in [0.4, 0.5) is 13.2 Å². The smallest absolute Gasteiger partial charge is 0.337 e. The molecule has 1 N–H and O–H groups in total. The van der Waals surface area contributed by atoms with Crippen LogP contribution >= 0.6 is 23.2 Å². The molecule has 0 radical (unpaired) electrons. The zero-order valence-electron chi connectivity index (χ0n) is 9.71. The van der Waals surface area contributed by atoms with E-state index >= 15 is 0 Å². The van der Waals surface area contributed by atoms with Crippen molar-refractivity contribution in [2.75, 3.05) is 6.54 Å². The number of halogens is 5. The SMILES string of the molecule is FC(F)(F)CNCc1nc(-c2ncc(Cl)cc2Cl)no1. The van der Waals surface area contributed by atoms with Gasteiger partial charge in [0.05, 0.1) is 23.1 Å². The van der Waals surface area contributed by atoms with E-state index in [0.29, 0.717) is 5.02 Å². The van der Waals surface area contributed by atoms with Crippen molar-refractivity contribution in [2.24, 2.45) is 0 Å². The summed E-state index contributed by atoms with van der Waals surface area (Å²) in [5.41, 5.74) is 0.238. The number of alkyl halides is 3. The molecule has 2 aromatic heterocycles. The predicted molar refractivity (Wildman–Crippen MR) is 65.3 cm³/mol. The van der Waals surface area contributed by atoms with Crippen LogP contribution in [0.2, 0.25) is 10.0 Å². The largest absolute Gasteiger partial charge is 0.401 e. The van der Waals surface area contributed by atoms with E-state index in [4.69, 9.17) is 27.7 Å². The van der Waals surface area contributed by atoms with E-state index in [0.717, 1.165) is 0 Å². The Morgan fingerprint density at radius 2 is 2.05 bits per heavy atom. The van der Waals surface area contributed by atoms with Crippen molar-refractivity contribution in [2.45, 2.75) is 12.7 Å². The second-order valence-corrected chi connectivity index (χ2v) is 4.56. The van der Waals surface area contributed by atoms with Crippen LogP contribution in [0.15, 0.2) is 16.8 Å². The number of hydrogen-bond donors (Lipinski definition) is 1. The van der Waals surface area contributed by atoms with Crippen molar-refractivity contribution in [1.82, 2.24) is 20.4 Å². The fourth-order valence-electron chi connectivity index (χ4n) is 1.31. The summed E-state index contributed by atoms with van der Waals surface area (Å²) >= 11 is 11.6. The number of nitrogens with one attached hydrogen (secondary N) is 1. The molecule has 108 valence electrons. The highest BCUT2D eigenvalue weighted by molar-refractivity contribution is 6.35. The molecule has 0 spiro atoms. The first-order chi connectivity index (χ1) is 9.35. The lowest BCUT2D eigenvalue weighted by Gasteiger charge is -2.05. The number of hydrogen-bond acceptors (Lipinski definition) is 5. The van der Waals surface area contributed by atoms with Crippen molar-refractivity contribution in [3.05, 3.63) is 28.2 Å². The molecule has 2 rings (SSSR count). The maximum Gasteiger partial charge on any atom is 0.401 e. The summed E-state index contributed by atoms with van der Waals surface area (Å²) in [5.74, 6) is 0.0764. The van der Waals surface area contributed by atoms with Crippen LogP contribution in [-0.4, -0.2) is 27.8 Å². The van der Waals surface area contributed by atoms with Crippen molar-refractivity contribution in [3.8, 4) is 11.5 Å². The van der Waals surface area contributed by atoms with Gasteiger partial charge in [-0.05, 0) is 6.07 Å². The monoisotopic (exact) mass is 326 g/mol. The van der Waals surface area contributed by atoms with Gasteiger partial charge in [-0.15, -0.1) is 0 Å². The number of rotatable bonds is 4. The molecule has 0 aliphatic carbocycles. The molecule has 0 saturated heterocycles. The molecule has 0 aliphatic heterocycles. The summed E-state index contributed by atoms with van der Waals surface area (Å²) in [6.45, 7) is -1.36. The van der Waals surface area contributed by atoms with Crippen LogP contribution in [0.5, 0.6) is 0 Å². The second kappa shape index (κ2) is 5.94. The molecule has 5 nitrogen and oxygen atoms in total. The quantitative estimate of drug-likeness (QED) is 0.935. The lowest BCUT2D eigenvalue weighted by atomic mass is 10.3. The minimum atomic E-state index is -4.30. The number of pyridine rings is 1. The Morgan fingerprint density at radius 3 is 2.70 bits per heavy atom.